The Morgan fingerprint density at radius 2 is 1.81 bits per heavy atom. The monoisotopic (exact) mass is 427 g/mol. The standard InChI is InChI=1S/C26H29N5O/c1-4-13-31(14-5-2)23-8-6-7-19(16-23)21-15-20-9-10-22(17-24(20)27-18-21)29-26(32)25-11-12-28-30(25)3/h6-12,15-18H,4-5,13-14H2,1-3H3,(H,29,32). The minimum atomic E-state index is -0.193. The van der Waals surface area contributed by atoms with Gasteiger partial charge in [-0.2, -0.15) is 5.10 Å². The van der Waals surface area contributed by atoms with Crippen LogP contribution >= 0.6 is 0 Å². The van der Waals surface area contributed by atoms with E-state index in [4.69, 9.17) is 0 Å². The van der Waals surface area contributed by atoms with Crippen molar-refractivity contribution in [3.63, 3.8) is 0 Å². The highest BCUT2D eigenvalue weighted by Crippen LogP contribution is 2.28. The lowest BCUT2D eigenvalue weighted by Crippen LogP contribution is -2.24. The van der Waals surface area contributed by atoms with Crippen LogP contribution in [0.5, 0.6) is 0 Å². The third-order valence-electron chi connectivity index (χ3n) is 5.53. The van der Waals surface area contributed by atoms with Crippen LogP contribution in [0.1, 0.15) is 37.2 Å². The van der Waals surface area contributed by atoms with Crippen molar-refractivity contribution in [2.75, 3.05) is 23.3 Å². The molecule has 4 aromatic rings. The molecule has 2 aromatic heterocycles. The number of rotatable bonds is 8. The number of carbonyl (C=O) groups excluding carboxylic acids is 1. The Labute approximate surface area is 188 Å². The van der Waals surface area contributed by atoms with Crippen molar-refractivity contribution in [2.24, 2.45) is 7.05 Å². The maximum absolute atomic E-state index is 12.5. The molecule has 0 radical (unpaired) electrons. The molecule has 0 bridgehead atoms. The zero-order valence-corrected chi connectivity index (χ0v) is 18.9. The summed E-state index contributed by atoms with van der Waals surface area (Å²) in [7, 11) is 1.75. The number of aryl methyl sites for hydroxylation is 1. The number of hydrogen-bond acceptors (Lipinski definition) is 4. The third-order valence-corrected chi connectivity index (χ3v) is 5.53. The first-order valence-electron chi connectivity index (χ1n) is 11.1. The summed E-state index contributed by atoms with van der Waals surface area (Å²) in [5, 5.41) is 8.00. The first kappa shape index (κ1) is 21.6. The minimum Gasteiger partial charge on any atom is -0.372 e. The summed E-state index contributed by atoms with van der Waals surface area (Å²) < 4.78 is 1.55. The Hall–Kier alpha value is -3.67. The van der Waals surface area contributed by atoms with E-state index < -0.39 is 0 Å². The molecule has 0 unspecified atom stereocenters. The zero-order valence-electron chi connectivity index (χ0n) is 18.9. The lowest BCUT2D eigenvalue weighted by atomic mass is 10.0. The molecular weight excluding hydrogens is 398 g/mol. The molecule has 2 heterocycles. The third kappa shape index (κ3) is 4.64. The van der Waals surface area contributed by atoms with Gasteiger partial charge >= 0.3 is 0 Å². The van der Waals surface area contributed by atoms with Crippen LogP contribution in [0, 0.1) is 0 Å². The second-order valence-electron chi connectivity index (χ2n) is 7.96. The highest BCUT2D eigenvalue weighted by Gasteiger charge is 2.11. The number of fused-ring (bicyclic) bond motifs is 1. The van der Waals surface area contributed by atoms with Gasteiger partial charge in [-0.15, -0.1) is 0 Å². The summed E-state index contributed by atoms with van der Waals surface area (Å²) in [5.41, 5.74) is 5.54. The molecule has 0 saturated heterocycles. The van der Waals surface area contributed by atoms with E-state index >= 15 is 0 Å². The molecular formula is C26H29N5O. The summed E-state index contributed by atoms with van der Waals surface area (Å²) in [5.74, 6) is -0.193. The number of benzene rings is 2. The van der Waals surface area contributed by atoms with Gasteiger partial charge in [0.1, 0.15) is 5.69 Å². The highest BCUT2D eigenvalue weighted by atomic mass is 16.2. The van der Waals surface area contributed by atoms with E-state index in [2.05, 4.69) is 64.5 Å². The van der Waals surface area contributed by atoms with E-state index in [1.807, 2.05) is 24.4 Å². The molecule has 0 spiro atoms. The number of aromatic nitrogens is 3. The number of nitrogens with zero attached hydrogens (tertiary/aromatic N) is 4. The molecule has 0 aliphatic carbocycles. The van der Waals surface area contributed by atoms with Gasteiger partial charge in [0.2, 0.25) is 0 Å². The van der Waals surface area contributed by atoms with Crippen LogP contribution in [0.4, 0.5) is 11.4 Å². The number of carbonyl (C=O) groups is 1. The van der Waals surface area contributed by atoms with Crippen molar-refractivity contribution in [3.8, 4) is 11.1 Å². The van der Waals surface area contributed by atoms with E-state index in [0.717, 1.165) is 48.0 Å². The maximum Gasteiger partial charge on any atom is 0.273 e. The highest BCUT2D eigenvalue weighted by molar-refractivity contribution is 6.04. The largest absolute Gasteiger partial charge is 0.372 e. The lowest BCUT2D eigenvalue weighted by molar-refractivity contribution is 0.101. The molecule has 32 heavy (non-hydrogen) atoms. The van der Waals surface area contributed by atoms with E-state index in [1.165, 1.54) is 5.69 Å². The average Bonchev–Trinajstić information content (AvgIpc) is 3.24. The van der Waals surface area contributed by atoms with Crippen LogP contribution < -0.4 is 10.2 Å². The first-order valence-corrected chi connectivity index (χ1v) is 11.1. The van der Waals surface area contributed by atoms with E-state index in [9.17, 15) is 4.79 Å². The molecule has 164 valence electrons. The van der Waals surface area contributed by atoms with Crippen LogP contribution in [0.15, 0.2) is 67.0 Å². The minimum absolute atomic E-state index is 0.193. The Morgan fingerprint density at radius 3 is 2.53 bits per heavy atom. The maximum atomic E-state index is 12.5. The van der Waals surface area contributed by atoms with Crippen molar-refractivity contribution >= 4 is 28.2 Å². The fraction of sp³-hybridized carbons (Fsp3) is 0.269. The summed E-state index contributed by atoms with van der Waals surface area (Å²) in [6.07, 6.45) is 5.76. The number of amides is 1. The molecule has 6 heteroatoms. The molecule has 0 aliphatic heterocycles. The van der Waals surface area contributed by atoms with Gasteiger partial charge in [-0.25, -0.2) is 0 Å². The molecule has 6 nitrogen and oxygen atoms in total. The van der Waals surface area contributed by atoms with Crippen LogP contribution in [-0.2, 0) is 7.05 Å². The van der Waals surface area contributed by atoms with Crippen LogP contribution in [-0.4, -0.2) is 33.8 Å². The van der Waals surface area contributed by atoms with Crippen LogP contribution in [0.3, 0.4) is 0 Å². The Bertz CT molecular complexity index is 1220. The first-order chi connectivity index (χ1) is 15.6. The zero-order chi connectivity index (χ0) is 22.5. The topological polar surface area (TPSA) is 63.1 Å². The van der Waals surface area contributed by atoms with Gasteiger partial charge in [-0.3, -0.25) is 14.5 Å². The number of anilines is 2. The molecule has 2 aromatic carbocycles. The van der Waals surface area contributed by atoms with Gasteiger partial charge in [-0.1, -0.05) is 32.0 Å². The van der Waals surface area contributed by atoms with Crippen molar-refractivity contribution in [2.45, 2.75) is 26.7 Å². The Morgan fingerprint density at radius 1 is 1.00 bits per heavy atom. The fourth-order valence-electron chi connectivity index (χ4n) is 3.94. The van der Waals surface area contributed by atoms with Gasteiger partial charge in [0.05, 0.1) is 5.52 Å². The van der Waals surface area contributed by atoms with Crippen LogP contribution in [0.2, 0.25) is 0 Å². The fourth-order valence-corrected chi connectivity index (χ4v) is 3.94. The summed E-state index contributed by atoms with van der Waals surface area (Å²) in [6.45, 7) is 6.54. The van der Waals surface area contributed by atoms with Gasteiger partial charge in [0, 0.05) is 54.9 Å². The Kier molecular flexibility index (Phi) is 6.50. The molecule has 1 amide bonds. The molecule has 0 saturated carbocycles. The number of nitrogens with one attached hydrogen (secondary N) is 1. The smallest absolute Gasteiger partial charge is 0.273 e. The normalized spacial score (nSPS) is 11.0. The van der Waals surface area contributed by atoms with Gasteiger partial charge in [0.25, 0.3) is 5.91 Å². The molecule has 0 fully saturated rings. The van der Waals surface area contributed by atoms with Gasteiger partial charge in [-0.05, 0) is 54.8 Å². The quantitative estimate of drug-likeness (QED) is 0.402. The van der Waals surface area contributed by atoms with Crippen molar-refractivity contribution < 1.29 is 4.79 Å². The molecule has 4 rings (SSSR count). The van der Waals surface area contributed by atoms with E-state index in [1.54, 1.807) is 24.0 Å². The van der Waals surface area contributed by atoms with Crippen molar-refractivity contribution in [1.82, 2.24) is 14.8 Å². The number of hydrogen-bond donors (Lipinski definition) is 1. The predicted octanol–water partition coefficient (Wildman–Crippen LogP) is 5.51. The number of pyridine rings is 1. The molecule has 0 atom stereocenters. The Balaban J connectivity index is 1.58. The SMILES string of the molecule is CCCN(CCC)c1cccc(-c2cnc3cc(NC(=O)c4ccnn4C)ccc3c2)c1. The lowest BCUT2D eigenvalue weighted by Gasteiger charge is -2.24. The van der Waals surface area contributed by atoms with Crippen LogP contribution in [0.25, 0.3) is 22.0 Å². The van der Waals surface area contributed by atoms with Gasteiger partial charge < -0.3 is 10.2 Å². The molecule has 0 aliphatic rings. The van der Waals surface area contributed by atoms with Gasteiger partial charge in [0.15, 0.2) is 0 Å². The van der Waals surface area contributed by atoms with Crippen molar-refractivity contribution in [3.05, 3.63) is 72.7 Å². The van der Waals surface area contributed by atoms with E-state index in [0.29, 0.717) is 11.4 Å². The second-order valence-corrected chi connectivity index (χ2v) is 7.96. The van der Waals surface area contributed by atoms with E-state index in [-0.39, 0.29) is 5.91 Å². The molecule has 1 N–H and O–H groups in total. The summed E-state index contributed by atoms with van der Waals surface area (Å²) >= 11 is 0. The second kappa shape index (κ2) is 9.64. The van der Waals surface area contributed by atoms with Crippen molar-refractivity contribution in [1.29, 1.82) is 0 Å². The average molecular weight is 428 g/mol. The predicted molar refractivity (Wildman–Crippen MR) is 131 cm³/mol. The summed E-state index contributed by atoms with van der Waals surface area (Å²) in [4.78, 5) is 19.6. The summed E-state index contributed by atoms with van der Waals surface area (Å²) in [6, 6.07) is 18.3.